The van der Waals surface area contributed by atoms with Crippen molar-refractivity contribution in [2.45, 2.75) is 40.5 Å². The lowest BCUT2D eigenvalue weighted by atomic mass is 10.1. The van der Waals surface area contributed by atoms with Crippen molar-refractivity contribution < 1.29 is 14.1 Å². The van der Waals surface area contributed by atoms with Crippen LogP contribution in [-0.4, -0.2) is 31.6 Å². The summed E-state index contributed by atoms with van der Waals surface area (Å²) in [6.45, 7) is 9.27. The van der Waals surface area contributed by atoms with E-state index in [9.17, 15) is 9.59 Å². The van der Waals surface area contributed by atoms with Crippen molar-refractivity contribution in [1.29, 1.82) is 0 Å². The molecule has 0 spiro atoms. The third-order valence-corrected chi connectivity index (χ3v) is 5.43. The van der Waals surface area contributed by atoms with Crippen molar-refractivity contribution in [2.75, 3.05) is 5.32 Å². The summed E-state index contributed by atoms with van der Waals surface area (Å²) in [5.41, 5.74) is 3.97. The maximum atomic E-state index is 13.2. The molecule has 0 atom stereocenters. The Labute approximate surface area is 191 Å². The number of ketones is 1. The van der Waals surface area contributed by atoms with Crippen LogP contribution in [0.25, 0.3) is 17.1 Å². The standard InChI is InChI=1S/C25H25N5O3/c1-14(2)23-27-25(33-29-23)19-13-9-10-15(3)21(19)26-24(32)22(31)20-16(4)28-30(17(20)5)18-11-7-6-8-12-18/h6-14H,1-5H3,(H,26,32). The number of amides is 1. The number of rotatable bonds is 6. The molecule has 4 rings (SSSR count). The van der Waals surface area contributed by atoms with E-state index >= 15 is 0 Å². The average Bonchev–Trinajstić information content (AvgIpc) is 3.40. The summed E-state index contributed by atoms with van der Waals surface area (Å²) >= 11 is 0. The first-order valence-corrected chi connectivity index (χ1v) is 10.7. The zero-order valence-corrected chi connectivity index (χ0v) is 19.2. The first-order valence-electron chi connectivity index (χ1n) is 10.7. The summed E-state index contributed by atoms with van der Waals surface area (Å²) in [5, 5.41) is 11.2. The summed E-state index contributed by atoms with van der Waals surface area (Å²) in [7, 11) is 0. The number of para-hydroxylation sites is 2. The Morgan fingerprint density at radius 1 is 1.00 bits per heavy atom. The number of carbonyl (C=O) groups excluding carboxylic acids is 2. The third-order valence-electron chi connectivity index (χ3n) is 5.43. The summed E-state index contributed by atoms with van der Waals surface area (Å²) in [6, 6.07) is 14.9. The van der Waals surface area contributed by atoms with Crippen LogP contribution in [0.4, 0.5) is 5.69 Å². The molecule has 0 aliphatic heterocycles. The summed E-state index contributed by atoms with van der Waals surface area (Å²) in [4.78, 5) is 30.6. The minimum absolute atomic E-state index is 0.0963. The second-order valence-corrected chi connectivity index (χ2v) is 8.19. The Morgan fingerprint density at radius 3 is 2.39 bits per heavy atom. The van der Waals surface area contributed by atoms with E-state index in [0.717, 1.165) is 11.3 Å². The van der Waals surface area contributed by atoms with Gasteiger partial charge in [-0.05, 0) is 44.5 Å². The Balaban J connectivity index is 1.66. The topological polar surface area (TPSA) is 103 Å². The van der Waals surface area contributed by atoms with E-state index in [-0.39, 0.29) is 17.4 Å². The van der Waals surface area contributed by atoms with Gasteiger partial charge in [-0.1, -0.05) is 49.3 Å². The number of nitrogens with one attached hydrogen (secondary N) is 1. The molecule has 4 aromatic rings. The van der Waals surface area contributed by atoms with Crippen molar-refractivity contribution in [3.8, 4) is 17.1 Å². The molecule has 0 aliphatic carbocycles. The number of aromatic nitrogens is 4. The number of hydrogen-bond donors (Lipinski definition) is 1. The van der Waals surface area contributed by atoms with Gasteiger partial charge in [0, 0.05) is 5.92 Å². The van der Waals surface area contributed by atoms with Gasteiger partial charge < -0.3 is 9.84 Å². The summed E-state index contributed by atoms with van der Waals surface area (Å²) in [6.07, 6.45) is 0. The van der Waals surface area contributed by atoms with Gasteiger partial charge in [-0.15, -0.1) is 0 Å². The molecule has 0 saturated heterocycles. The van der Waals surface area contributed by atoms with Crippen molar-refractivity contribution >= 4 is 17.4 Å². The minimum atomic E-state index is -0.757. The molecule has 0 radical (unpaired) electrons. The van der Waals surface area contributed by atoms with E-state index in [0.29, 0.717) is 28.5 Å². The zero-order chi connectivity index (χ0) is 23.7. The minimum Gasteiger partial charge on any atom is -0.334 e. The van der Waals surface area contributed by atoms with Gasteiger partial charge in [0.15, 0.2) is 5.82 Å². The van der Waals surface area contributed by atoms with Crippen LogP contribution in [-0.2, 0) is 4.79 Å². The number of Topliss-reactive ketones (excluding diaryl/α,β-unsaturated/α-hetero) is 1. The predicted octanol–water partition coefficient (Wildman–Crippen LogP) is 4.79. The highest BCUT2D eigenvalue weighted by atomic mass is 16.5. The highest BCUT2D eigenvalue weighted by Crippen LogP contribution is 2.31. The monoisotopic (exact) mass is 443 g/mol. The predicted molar refractivity (Wildman–Crippen MR) is 125 cm³/mol. The molecule has 2 aromatic carbocycles. The van der Waals surface area contributed by atoms with Gasteiger partial charge in [-0.3, -0.25) is 9.59 Å². The fourth-order valence-electron chi connectivity index (χ4n) is 3.67. The van der Waals surface area contributed by atoms with Crippen LogP contribution >= 0.6 is 0 Å². The molecule has 0 aliphatic rings. The van der Waals surface area contributed by atoms with Crippen LogP contribution in [0, 0.1) is 20.8 Å². The summed E-state index contributed by atoms with van der Waals surface area (Å²) < 4.78 is 7.08. The molecule has 0 unspecified atom stereocenters. The van der Waals surface area contributed by atoms with E-state index in [1.165, 1.54) is 0 Å². The molecule has 2 aromatic heterocycles. The molecule has 8 nitrogen and oxygen atoms in total. The quantitative estimate of drug-likeness (QED) is 0.339. The largest absolute Gasteiger partial charge is 0.334 e. The Morgan fingerprint density at radius 2 is 1.73 bits per heavy atom. The number of nitrogens with zero attached hydrogens (tertiary/aromatic N) is 4. The maximum absolute atomic E-state index is 13.2. The molecule has 0 bridgehead atoms. The van der Waals surface area contributed by atoms with Gasteiger partial charge in [0.1, 0.15) is 0 Å². The molecule has 168 valence electrons. The Bertz CT molecular complexity index is 1340. The average molecular weight is 444 g/mol. The van der Waals surface area contributed by atoms with Crippen molar-refractivity contribution in [2.24, 2.45) is 0 Å². The highest BCUT2D eigenvalue weighted by molar-refractivity contribution is 6.47. The smallest absolute Gasteiger partial charge is 0.296 e. The molecule has 33 heavy (non-hydrogen) atoms. The van der Waals surface area contributed by atoms with E-state index in [4.69, 9.17) is 4.52 Å². The fourth-order valence-corrected chi connectivity index (χ4v) is 3.67. The molecule has 0 fully saturated rings. The van der Waals surface area contributed by atoms with Crippen LogP contribution in [0.1, 0.15) is 52.9 Å². The molecule has 2 heterocycles. The van der Waals surface area contributed by atoms with Gasteiger partial charge in [0.05, 0.1) is 33.9 Å². The zero-order valence-electron chi connectivity index (χ0n) is 19.2. The second-order valence-electron chi connectivity index (χ2n) is 8.19. The van der Waals surface area contributed by atoms with Gasteiger partial charge in [-0.25, -0.2) is 4.68 Å². The maximum Gasteiger partial charge on any atom is 0.296 e. The SMILES string of the molecule is Cc1cccc(-c2nc(C(C)C)no2)c1NC(=O)C(=O)c1c(C)nn(-c2ccccc2)c1C. The van der Waals surface area contributed by atoms with Crippen LogP contribution < -0.4 is 5.32 Å². The molecular formula is C25H25N5O3. The Hall–Kier alpha value is -4.07. The molecular weight excluding hydrogens is 418 g/mol. The number of hydrogen-bond acceptors (Lipinski definition) is 6. The van der Waals surface area contributed by atoms with E-state index in [1.54, 1.807) is 24.6 Å². The van der Waals surface area contributed by atoms with Crippen LogP contribution in [0.3, 0.4) is 0 Å². The lowest BCUT2D eigenvalue weighted by molar-refractivity contribution is -0.112. The van der Waals surface area contributed by atoms with Crippen LogP contribution in [0.15, 0.2) is 53.1 Å². The molecule has 0 saturated carbocycles. The Kier molecular flexibility index (Phi) is 5.91. The molecule has 1 N–H and O–H groups in total. The molecule has 1 amide bonds. The molecule has 8 heteroatoms. The van der Waals surface area contributed by atoms with E-state index in [1.807, 2.05) is 63.2 Å². The van der Waals surface area contributed by atoms with Crippen molar-refractivity contribution in [1.82, 2.24) is 19.9 Å². The number of anilines is 1. The van der Waals surface area contributed by atoms with Crippen LogP contribution in [0.5, 0.6) is 0 Å². The van der Waals surface area contributed by atoms with Gasteiger partial charge in [0.2, 0.25) is 0 Å². The van der Waals surface area contributed by atoms with Gasteiger partial charge in [0.25, 0.3) is 17.6 Å². The van der Waals surface area contributed by atoms with E-state index < -0.39 is 11.7 Å². The van der Waals surface area contributed by atoms with Gasteiger partial charge >= 0.3 is 0 Å². The number of benzene rings is 2. The van der Waals surface area contributed by atoms with Crippen LogP contribution in [0.2, 0.25) is 0 Å². The number of carbonyl (C=O) groups is 2. The normalized spacial score (nSPS) is 11.1. The first kappa shape index (κ1) is 22.1. The van der Waals surface area contributed by atoms with Crippen molar-refractivity contribution in [3.05, 3.63) is 76.9 Å². The van der Waals surface area contributed by atoms with E-state index in [2.05, 4.69) is 20.6 Å². The second kappa shape index (κ2) is 8.82. The number of aryl methyl sites for hydroxylation is 2. The fraction of sp³-hybridized carbons (Fsp3) is 0.240. The van der Waals surface area contributed by atoms with Crippen molar-refractivity contribution in [3.63, 3.8) is 0 Å². The third kappa shape index (κ3) is 4.19. The highest BCUT2D eigenvalue weighted by Gasteiger charge is 2.27. The summed E-state index contributed by atoms with van der Waals surface area (Å²) in [5.74, 6) is -0.462. The lowest BCUT2D eigenvalue weighted by Crippen LogP contribution is -2.24. The first-order chi connectivity index (χ1) is 15.8. The lowest BCUT2D eigenvalue weighted by Gasteiger charge is -2.11. The van der Waals surface area contributed by atoms with Gasteiger partial charge in [-0.2, -0.15) is 10.1 Å².